The van der Waals surface area contributed by atoms with E-state index in [0.717, 1.165) is 12.2 Å². The van der Waals surface area contributed by atoms with E-state index in [2.05, 4.69) is 43.1 Å². The van der Waals surface area contributed by atoms with E-state index in [1.807, 2.05) is 12.1 Å². The van der Waals surface area contributed by atoms with Gasteiger partial charge >= 0.3 is 0 Å². The molecular weight excluding hydrogens is 262 g/mol. The Labute approximate surface area is 127 Å². The molecule has 1 unspecified atom stereocenters. The zero-order valence-corrected chi connectivity index (χ0v) is 13.3. The SMILES string of the molecule is CCN(c1ccc(NC(=O)CC(N)C2CC2)cc1)C(C)C. The molecule has 1 aromatic carbocycles. The minimum absolute atomic E-state index is 0.0124. The maximum Gasteiger partial charge on any atom is 0.225 e. The first kappa shape index (κ1) is 15.8. The Balaban J connectivity index is 1.90. The molecule has 0 aromatic heterocycles. The third kappa shape index (κ3) is 4.46. The zero-order valence-electron chi connectivity index (χ0n) is 13.3. The van der Waals surface area contributed by atoms with Crippen molar-refractivity contribution in [2.45, 2.75) is 52.1 Å². The van der Waals surface area contributed by atoms with Crippen LogP contribution in [0.25, 0.3) is 0 Å². The van der Waals surface area contributed by atoms with Gasteiger partial charge in [0.25, 0.3) is 0 Å². The summed E-state index contributed by atoms with van der Waals surface area (Å²) in [5.41, 5.74) is 8.00. The maximum absolute atomic E-state index is 11.9. The summed E-state index contributed by atoms with van der Waals surface area (Å²) in [6.07, 6.45) is 2.76. The highest BCUT2D eigenvalue weighted by Crippen LogP contribution is 2.32. The van der Waals surface area contributed by atoms with Gasteiger partial charge in [0, 0.05) is 36.4 Å². The molecule has 1 saturated carbocycles. The van der Waals surface area contributed by atoms with Gasteiger partial charge in [0.1, 0.15) is 0 Å². The van der Waals surface area contributed by atoms with Crippen LogP contribution in [0.3, 0.4) is 0 Å². The van der Waals surface area contributed by atoms with Crippen molar-refractivity contribution in [2.75, 3.05) is 16.8 Å². The molecule has 0 heterocycles. The van der Waals surface area contributed by atoms with Crippen molar-refractivity contribution in [3.63, 3.8) is 0 Å². The molecule has 0 saturated heterocycles. The molecule has 4 heteroatoms. The minimum Gasteiger partial charge on any atom is -0.369 e. The number of rotatable bonds is 7. The summed E-state index contributed by atoms with van der Waals surface area (Å²) in [6, 6.07) is 8.51. The van der Waals surface area contributed by atoms with Crippen LogP contribution in [0.2, 0.25) is 0 Å². The van der Waals surface area contributed by atoms with E-state index in [0.29, 0.717) is 18.4 Å². The standard InChI is InChI=1S/C17H27N3O/c1-4-20(12(2)3)15-9-7-14(8-10-15)19-17(21)11-16(18)13-5-6-13/h7-10,12-13,16H,4-6,11,18H2,1-3H3,(H,19,21). The third-order valence-corrected chi connectivity index (χ3v) is 4.10. The van der Waals surface area contributed by atoms with Crippen LogP contribution in [0.4, 0.5) is 11.4 Å². The Morgan fingerprint density at radius 1 is 1.33 bits per heavy atom. The monoisotopic (exact) mass is 289 g/mol. The van der Waals surface area contributed by atoms with Crippen LogP contribution >= 0.6 is 0 Å². The van der Waals surface area contributed by atoms with E-state index >= 15 is 0 Å². The molecule has 21 heavy (non-hydrogen) atoms. The molecule has 1 atom stereocenters. The molecule has 1 amide bonds. The molecule has 1 aromatic rings. The lowest BCUT2D eigenvalue weighted by molar-refractivity contribution is -0.116. The molecule has 1 aliphatic rings. The van der Waals surface area contributed by atoms with Crippen LogP contribution in [-0.2, 0) is 4.79 Å². The van der Waals surface area contributed by atoms with Gasteiger partial charge < -0.3 is 16.0 Å². The van der Waals surface area contributed by atoms with Crippen LogP contribution in [0.1, 0.15) is 40.0 Å². The number of nitrogens with one attached hydrogen (secondary N) is 1. The quantitative estimate of drug-likeness (QED) is 0.811. The predicted octanol–water partition coefficient (Wildman–Crippen LogP) is 2.99. The van der Waals surface area contributed by atoms with Gasteiger partial charge in [0.2, 0.25) is 5.91 Å². The second kappa shape index (κ2) is 6.94. The van der Waals surface area contributed by atoms with Gasteiger partial charge in [-0.05, 0) is 63.8 Å². The lowest BCUT2D eigenvalue weighted by Crippen LogP contribution is -2.30. The topological polar surface area (TPSA) is 58.4 Å². The number of hydrogen-bond acceptors (Lipinski definition) is 3. The fourth-order valence-electron chi connectivity index (χ4n) is 2.70. The summed E-state index contributed by atoms with van der Waals surface area (Å²) in [5.74, 6) is 0.570. The number of carbonyl (C=O) groups excluding carboxylic acids is 1. The van der Waals surface area contributed by atoms with Gasteiger partial charge in [-0.25, -0.2) is 0 Å². The molecule has 116 valence electrons. The van der Waals surface area contributed by atoms with Crippen LogP contribution in [0.15, 0.2) is 24.3 Å². The van der Waals surface area contributed by atoms with Gasteiger partial charge in [0.15, 0.2) is 0 Å². The number of nitrogens with zero attached hydrogens (tertiary/aromatic N) is 1. The number of amides is 1. The smallest absolute Gasteiger partial charge is 0.225 e. The molecule has 4 nitrogen and oxygen atoms in total. The van der Waals surface area contributed by atoms with Crippen molar-refractivity contribution in [1.29, 1.82) is 0 Å². The average Bonchev–Trinajstić information content (AvgIpc) is 3.25. The highest BCUT2D eigenvalue weighted by atomic mass is 16.1. The number of hydrogen-bond donors (Lipinski definition) is 2. The van der Waals surface area contributed by atoms with Gasteiger partial charge in [-0.1, -0.05) is 0 Å². The second-order valence-corrected chi connectivity index (χ2v) is 6.18. The normalized spacial score (nSPS) is 15.9. The highest BCUT2D eigenvalue weighted by Gasteiger charge is 2.29. The van der Waals surface area contributed by atoms with Crippen LogP contribution in [0.5, 0.6) is 0 Å². The van der Waals surface area contributed by atoms with Crippen molar-refractivity contribution >= 4 is 17.3 Å². The number of benzene rings is 1. The number of carbonyl (C=O) groups is 1. The zero-order chi connectivity index (χ0) is 15.4. The van der Waals surface area contributed by atoms with Crippen molar-refractivity contribution in [2.24, 2.45) is 11.7 Å². The minimum atomic E-state index is 0.0124. The summed E-state index contributed by atoms with van der Waals surface area (Å²) in [4.78, 5) is 14.3. The largest absolute Gasteiger partial charge is 0.369 e. The fourth-order valence-corrected chi connectivity index (χ4v) is 2.70. The van der Waals surface area contributed by atoms with Crippen molar-refractivity contribution in [1.82, 2.24) is 0 Å². The molecular formula is C17H27N3O. The Kier molecular flexibility index (Phi) is 5.23. The van der Waals surface area contributed by atoms with Gasteiger partial charge in [0.05, 0.1) is 0 Å². The number of nitrogens with two attached hydrogens (primary N) is 1. The van der Waals surface area contributed by atoms with Crippen LogP contribution < -0.4 is 16.0 Å². The highest BCUT2D eigenvalue weighted by molar-refractivity contribution is 5.91. The Morgan fingerprint density at radius 3 is 2.43 bits per heavy atom. The second-order valence-electron chi connectivity index (χ2n) is 6.18. The number of anilines is 2. The molecule has 3 N–H and O–H groups in total. The molecule has 0 spiro atoms. The van der Waals surface area contributed by atoms with E-state index in [9.17, 15) is 4.79 Å². The third-order valence-electron chi connectivity index (χ3n) is 4.10. The predicted molar refractivity (Wildman–Crippen MR) is 88.5 cm³/mol. The van der Waals surface area contributed by atoms with Crippen LogP contribution in [-0.4, -0.2) is 24.5 Å². The van der Waals surface area contributed by atoms with Crippen LogP contribution in [0, 0.1) is 5.92 Å². The summed E-state index contributed by atoms with van der Waals surface area (Å²) < 4.78 is 0. The van der Waals surface area contributed by atoms with E-state index in [-0.39, 0.29) is 11.9 Å². The Hall–Kier alpha value is -1.55. The lowest BCUT2D eigenvalue weighted by Gasteiger charge is -2.27. The summed E-state index contributed by atoms with van der Waals surface area (Å²) in [6.45, 7) is 7.48. The first-order valence-corrected chi connectivity index (χ1v) is 7.93. The van der Waals surface area contributed by atoms with Crippen molar-refractivity contribution in [3.05, 3.63) is 24.3 Å². The Morgan fingerprint density at radius 2 is 1.95 bits per heavy atom. The molecule has 1 fully saturated rings. The van der Waals surface area contributed by atoms with E-state index in [1.165, 1.54) is 18.5 Å². The van der Waals surface area contributed by atoms with E-state index in [1.54, 1.807) is 0 Å². The van der Waals surface area contributed by atoms with E-state index in [4.69, 9.17) is 5.73 Å². The molecule has 0 bridgehead atoms. The summed E-state index contributed by atoms with van der Waals surface area (Å²) >= 11 is 0. The van der Waals surface area contributed by atoms with Gasteiger partial charge in [-0.15, -0.1) is 0 Å². The first-order valence-electron chi connectivity index (χ1n) is 7.93. The van der Waals surface area contributed by atoms with Crippen molar-refractivity contribution in [3.8, 4) is 0 Å². The van der Waals surface area contributed by atoms with E-state index < -0.39 is 0 Å². The van der Waals surface area contributed by atoms with Crippen molar-refractivity contribution < 1.29 is 4.79 Å². The first-order chi connectivity index (χ1) is 10.0. The average molecular weight is 289 g/mol. The Bertz CT molecular complexity index is 465. The molecule has 2 rings (SSSR count). The van der Waals surface area contributed by atoms with Gasteiger partial charge in [-0.3, -0.25) is 4.79 Å². The lowest BCUT2D eigenvalue weighted by atomic mass is 10.1. The maximum atomic E-state index is 11.9. The summed E-state index contributed by atoms with van der Waals surface area (Å²) in [7, 11) is 0. The van der Waals surface area contributed by atoms with Gasteiger partial charge in [-0.2, -0.15) is 0 Å². The molecule has 1 aliphatic carbocycles. The molecule has 0 aliphatic heterocycles. The summed E-state index contributed by atoms with van der Waals surface area (Å²) in [5, 5.41) is 2.93. The fraction of sp³-hybridized carbons (Fsp3) is 0.588. The molecule has 0 radical (unpaired) electrons.